The Morgan fingerprint density at radius 3 is 2.38 bits per heavy atom. The minimum Gasteiger partial charge on any atom is -0.336 e. The zero-order valence-corrected chi connectivity index (χ0v) is 14.9. The van der Waals surface area contributed by atoms with Crippen LogP contribution in [0.2, 0.25) is 0 Å². The van der Waals surface area contributed by atoms with Crippen molar-refractivity contribution in [3.63, 3.8) is 0 Å². The van der Waals surface area contributed by atoms with Crippen molar-refractivity contribution in [2.45, 2.75) is 12.8 Å². The predicted molar refractivity (Wildman–Crippen MR) is 102 cm³/mol. The van der Waals surface area contributed by atoms with E-state index in [1.54, 1.807) is 6.07 Å². The molecule has 0 atom stereocenters. The quantitative estimate of drug-likeness (QED) is 0.853. The molecule has 1 aliphatic heterocycles. The van der Waals surface area contributed by atoms with Crippen LogP contribution in [0.1, 0.15) is 28.8 Å². The van der Waals surface area contributed by atoms with Crippen LogP contribution in [0.5, 0.6) is 0 Å². The number of amides is 1. The molecule has 2 aromatic rings. The maximum Gasteiger partial charge on any atom is 0.253 e. The molecular formula is C22H23N3O. The highest BCUT2D eigenvalue weighted by Crippen LogP contribution is 2.30. The van der Waals surface area contributed by atoms with Crippen LogP contribution in [0.25, 0.3) is 11.1 Å². The summed E-state index contributed by atoms with van der Waals surface area (Å²) in [5, 5.41) is 9.04. The van der Waals surface area contributed by atoms with E-state index in [2.05, 4.69) is 11.0 Å². The number of hydrogen-bond acceptors (Lipinski definition) is 3. The lowest BCUT2D eigenvalue weighted by Gasteiger charge is -2.34. The third kappa shape index (κ3) is 3.79. The monoisotopic (exact) mass is 345 g/mol. The summed E-state index contributed by atoms with van der Waals surface area (Å²) in [6, 6.07) is 17.4. The van der Waals surface area contributed by atoms with E-state index in [1.165, 1.54) is 19.4 Å². The lowest BCUT2D eigenvalue weighted by Crippen LogP contribution is -2.49. The third-order valence-electron chi connectivity index (χ3n) is 5.33. The van der Waals surface area contributed by atoms with Crippen molar-refractivity contribution >= 4 is 5.91 Å². The minimum absolute atomic E-state index is 0.119. The molecule has 4 rings (SSSR count). The fraction of sp³-hybridized carbons (Fsp3) is 0.364. The molecule has 1 amide bonds. The molecule has 1 saturated carbocycles. The number of benzene rings is 2. The van der Waals surface area contributed by atoms with Gasteiger partial charge in [-0.15, -0.1) is 0 Å². The highest BCUT2D eigenvalue weighted by molar-refractivity contribution is 5.94. The first-order valence-electron chi connectivity index (χ1n) is 9.35. The van der Waals surface area contributed by atoms with E-state index >= 15 is 0 Å². The molecule has 4 nitrogen and oxygen atoms in total. The van der Waals surface area contributed by atoms with Crippen LogP contribution in [0.3, 0.4) is 0 Å². The van der Waals surface area contributed by atoms with Crippen LogP contribution in [-0.4, -0.2) is 48.4 Å². The van der Waals surface area contributed by atoms with Gasteiger partial charge in [-0.3, -0.25) is 9.69 Å². The average Bonchev–Trinajstić information content (AvgIpc) is 3.52. The Kier molecular flexibility index (Phi) is 4.73. The largest absolute Gasteiger partial charge is 0.336 e. The summed E-state index contributed by atoms with van der Waals surface area (Å²) < 4.78 is 0. The van der Waals surface area contributed by atoms with Crippen molar-refractivity contribution in [3.8, 4) is 17.2 Å². The molecule has 2 fully saturated rings. The highest BCUT2D eigenvalue weighted by Gasteiger charge is 2.27. The van der Waals surface area contributed by atoms with Gasteiger partial charge in [0.1, 0.15) is 0 Å². The normalized spacial score (nSPS) is 17.7. The molecule has 132 valence electrons. The van der Waals surface area contributed by atoms with E-state index in [9.17, 15) is 4.79 Å². The summed E-state index contributed by atoms with van der Waals surface area (Å²) >= 11 is 0. The van der Waals surface area contributed by atoms with Gasteiger partial charge in [-0.2, -0.15) is 5.26 Å². The van der Waals surface area contributed by atoms with Crippen molar-refractivity contribution < 1.29 is 4.79 Å². The van der Waals surface area contributed by atoms with Crippen LogP contribution in [0.15, 0.2) is 48.5 Å². The maximum atomic E-state index is 12.8. The lowest BCUT2D eigenvalue weighted by atomic mass is 10.0. The summed E-state index contributed by atoms with van der Waals surface area (Å²) in [5.41, 5.74) is 3.40. The topological polar surface area (TPSA) is 47.3 Å². The molecular weight excluding hydrogens is 322 g/mol. The fourth-order valence-corrected chi connectivity index (χ4v) is 3.56. The Labute approximate surface area is 154 Å². The third-order valence-corrected chi connectivity index (χ3v) is 5.33. The van der Waals surface area contributed by atoms with Crippen molar-refractivity contribution in [3.05, 3.63) is 59.7 Å². The summed E-state index contributed by atoms with van der Waals surface area (Å²) in [7, 11) is 0. The van der Waals surface area contributed by atoms with E-state index in [4.69, 9.17) is 5.26 Å². The standard InChI is InChI=1S/C22H23N3O/c23-15-18-2-1-3-21(14-18)19-6-8-20(9-7-19)22(26)25-12-10-24(11-13-25)16-17-4-5-17/h1-3,6-9,14,17H,4-5,10-13,16H2. The molecule has 0 spiro atoms. The number of carbonyl (C=O) groups excluding carboxylic acids is 1. The SMILES string of the molecule is N#Cc1cccc(-c2ccc(C(=O)N3CCN(CC4CC4)CC3)cc2)c1. The molecule has 1 saturated heterocycles. The van der Waals surface area contributed by atoms with Gasteiger partial charge < -0.3 is 4.90 Å². The highest BCUT2D eigenvalue weighted by atomic mass is 16.2. The zero-order valence-electron chi connectivity index (χ0n) is 14.9. The fourth-order valence-electron chi connectivity index (χ4n) is 3.56. The first-order chi connectivity index (χ1) is 12.7. The minimum atomic E-state index is 0.119. The number of nitrogens with zero attached hydrogens (tertiary/aromatic N) is 3. The molecule has 1 heterocycles. The van der Waals surface area contributed by atoms with Gasteiger partial charge in [0, 0.05) is 38.3 Å². The Balaban J connectivity index is 1.40. The molecule has 2 aromatic carbocycles. The molecule has 2 aliphatic rings. The maximum absolute atomic E-state index is 12.8. The van der Waals surface area contributed by atoms with Gasteiger partial charge in [0.25, 0.3) is 5.91 Å². The number of hydrogen-bond donors (Lipinski definition) is 0. The van der Waals surface area contributed by atoms with Crippen LogP contribution in [0, 0.1) is 17.2 Å². The first kappa shape index (κ1) is 16.8. The van der Waals surface area contributed by atoms with Crippen LogP contribution in [0.4, 0.5) is 0 Å². The second-order valence-corrected chi connectivity index (χ2v) is 7.31. The number of nitriles is 1. The first-order valence-corrected chi connectivity index (χ1v) is 9.35. The van der Waals surface area contributed by atoms with E-state index in [0.717, 1.165) is 48.8 Å². The van der Waals surface area contributed by atoms with Crippen molar-refractivity contribution in [1.82, 2.24) is 9.80 Å². The Morgan fingerprint density at radius 1 is 1.00 bits per heavy atom. The van der Waals surface area contributed by atoms with E-state index < -0.39 is 0 Å². The van der Waals surface area contributed by atoms with Gasteiger partial charge in [-0.1, -0.05) is 24.3 Å². The molecule has 0 radical (unpaired) electrons. The lowest BCUT2D eigenvalue weighted by molar-refractivity contribution is 0.0632. The number of piperazine rings is 1. The van der Waals surface area contributed by atoms with Gasteiger partial charge in [0.05, 0.1) is 11.6 Å². The van der Waals surface area contributed by atoms with Crippen LogP contribution in [-0.2, 0) is 0 Å². The molecule has 0 unspecified atom stereocenters. The smallest absolute Gasteiger partial charge is 0.253 e. The summed E-state index contributed by atoms with van der Waals surface area (Å²) in [6.07, 6.45) is 2.76. The zero-order chi connectivity index (χ0) is 17.9. The summed E-state index contributed by atoms with van der Waals surface area (Å²) in [6.45, 7) is 4.82. The van der Waals surface area contributed by atoms with Gasteiger partial charge in [-0.25, -0.2) is 0 Å². The summed E-state index contributed by atoms with van der Waals surface area (Å²) in [4.78, 5) is 17.2. The van der Waals surface area contributed by atoms with Crippen LogP contribution >= 0.6 is 0 Å². The Bertz CT molecular complexity index is 825. The second-order valence-electron chi connectivity index (χ2n) is 7.31. The van der Waals surface area contributed by atoms with Crippen LogP contribution < -0.4 is 0 Å². The van der Waals surface area contributed by atoms with Crippen molar-refractivity contribution in [1.29, 1.82) is 5.26 Å². The Morgan fingerprint density at radius 2 is 1.73 bits per heavy atom. The van der Waals surface area contributed by atoms with E-state index in [1.807, 2.05) is 47.4 Å². The van der Waals surface area contributed by atoms with Crippen molar-refractivity contribution in [2.24, 2.45) is 5.92 Å². The molecule has 0 bridgehead atoms. The number of carbonyl (C=O) groups is 1. The van der Waals surface area contributed by atoms with Gasteiger partial charge in [0.2, 0.25) is 0 Å². The second kappa shape index (κ2) is 7.31. The van der Waals surface area contributed by atoms with E-state index in [0.29, 0.717) is 5.56 Å². The Hall–Kier alpha value is -2.64. The average molecular weight is 345 g/mol. The van der Waals surface area contributed by atoms with Gasteiger partial charge in [-0.05, 0) is 54.2 Å². The van der Waals surface area contributed by atoms with Gasteiger partial charge >= 0.3 is 0 Å². The van der Waals surface area contributed by atoms with E-state index in [-0.39, 0.29) is 5.91 Å². The molecule has 4 heteroatoms. The molecule has 0 aromatic heterocycles. The summed E-state index contributed by atoms with van der Waals surface area (Å²) in [5.74, 6) is 1.03. The number of rotatable bonds is 4. The molecule has 0 N–H and O–H groups in total. The molecule has 26 heavy (non-hydrogen) atoms. The van der Waals surface area contributed by atoms with Crippen molar-refractivity contribution in [2.75, 3.05) is 32.7 Å². The molecule has 1 aliphatic carbocycles. The predicted octanol–water partition coefficient (Wildman–Crippen LogP) is 3.39. The van der Waals surface area contributed by atoms with Gasteiger partial charge in [0.15, 0.2) is 0 Å².